The van der Waals surface area contributed by atoms with Crippen LogP contribution in [0.2, 0.25) is 0 Å². The summed E-state index contributed by atoms with van der Waals surface area (Å²) in [7, 11) is 0. The van der Waals surface area contributed by atoms with Crippen molar-refractivity contribution in [1.82, 2.24) is 15.2 Å². The number of aromatic nitrogens is 3. The minimum Gasteiger partial charge on any atom is -0.368 e. The van der Waals surface area contributed by atoms with Gasteiger partial charge in [-0.05, 0) is 36.4 Å². The third-order valence-corrected chi connectivity index (χ3v) is 3.95. The molecule has 1 atom stereocenters. The number of carbonyl (C=O) groups excluding carboxylic acids is 1. The van der Waals surface area contributed by atoms with E-state index in [-0.39, 0.29) is 11.7 Å². The first-order chi connectivity index (χ1) is 12.5. The molecule has 2 heterocycles. The van der Waals surface area contributed by atoms with Gasteiger partial charge in [0.1, 0.15) is 11.6 Å². The van der Waals surface area contributed by atoms with Crippen molar-refractivity contribution in [2.75, 3.05) is 11.9 Å². The van der Waals surface area contributed by atoms with E-state index in [0.717, 1.165) is 11.3 Å². The molecule has 0 saturated carbocycles. The number of anilines is 1. The number of halogens is 1. The number of primary amides is 1. The van der Waals surface area contributed by atoms with Gasteiger partial charge >= 0.3 is 0 Å². The smallest absolute Gasteiger partial charge is 0.248 e. The van der Waals surface area contributed by atoms with Gasteiger partial charge in [-0.15, -0.1) is 10.2 Å². The SMILES string of the molecule is CC(CNc1ccc(-c2cccc(C(N)=O)c2)nn1)c1ccc(F)cn1. The molecule has 3 rings (SSSR count). The molecule has 3 aromatic rings. The van der Waals surface area contributed by atoms with Crippen LogP contribution in [0.3, 0.4) is 0 Å². The average Bonchev–Trinajstić information content (AvgIpc) is 2.67. The number of benzene rings is 1. The second-order valence-electron chi connectivity index (χ2n) is 5.93. The van der Waals surface area contributed by atoms with Crippen LogP contribution >= 0.6 is 0 Å². The highest BCUT2D eigenvalue weighted by molar-refractivity contribution is 5.93. The van der Waals surface area contributed by atoms with Crippen LogP contribution in [0.25, 0.3) is 11.3 Å². The lowest BCUT2D eigenvalue weighted by Gasteiger charge is -2.12. The fourth-order valence-electron chi connectivity index (χ4n) is 2.45. The number of hydrogen-bond acceptors (Lipinski definition) is 5. The first-order valence-corrected chi connectivity index (χ1v) is 8.12. The Kier molecular flexibility index (Phi) is 5.17. The molecule has 0 fully saturated rings. The van der Waals surface area contributed by atoms with Crippen molar-refractivity contribution < 1.29 is 9.18 Å². The third-order valence-electron chi connectivity index (χ3n) is 3.95. The largest absolute Gasteiger partial charge is 0.368 e. The van der Waals surface area contributed by atoms with Gasteiger partial charge in [0, 0.05) is 29.3 Å². The number of pyridine rings is 1. The number of nitrogens with zero attached hydrogens (tertiary/aromatic N) is 3. The Hall–Kier alpha value is -3.35. The molecular weight excluding hydrogens is 333 g/mol. The summed E-state index contributed by atoms with van der Waals surface area (Å²) in [5.41, 5.74) is 7.93. The summed E-state index contributed by atoms with van der Waals surface area (Å²) in [5, 5.41) is 11.5. The molecule has 0 saturated heterocycles. The second kappa shape index (κ2) is 7.69. The zero-order valence-electron chi connectivity index (χ0n) is 14.2. The third kappa shape index (κ3) is 4.18. The molecule has 1 unspecified atom stereocenters. The minimum absolute atomic E-state index is 0.0873. The summed E-state index contributed by atoms with van der Waals surface area (Å²) >= 11 is 0. The number of amides is 1. The molecule has 1 amide bonds. The molecule has 6 nitrogen and oxygen atoms in total. The predicted octanol–water partition coefficient (Wildman–Crippen LogP) is 2.99. The van der Waals surface area contributed by atoms with E-state index in [2.05, 4.69) is 20.5 Å². The first kappa shape index (κ1) is 17.5. The molecule has 0 spiro atoms. The maximum atomic E-state index is 12.9. The molecule has 0 aliphatic carbocycles. The number of hydrogen-bond donors (Lipinski definition) is 2. The van der Waals surface area contributed by atoms with Gasteiger partial charge in [-0.2, -0.15) is 0 Å². The summed E-state index contributed by atoms with van der Waals surface area (Å²) in [4.78, 5) is 15.4. The molecule has 3 N–H and O–H groups in total. The van der Waals surface area contributed by atoms with Crippen molar-refractivity contribution in [3.63, 3.8) is 0 Å². The van der Waals surface area contributed by atoms with Crippen molar-refractivity contribution in [2.45, 2.75) is 12.8 Å². The van der Waals surface area contributed by atoms with Gasteiger partial charge in [-0.1, -0.05) is 19.1 Å². The summed E-state index contributed by atoms with van der Waals surface area (Å²) in [6.45, 7) is 2.58. The highest BCUT2D eigenvalue weighted by Gasteiger charge is 2.09. The van der Waals surface area contributed by atoms with Crippen molar-refractivity contribution in [1.29, 1.82) is 0 Å². The molecule has 132 valence electrons. The summed E-state index contributed by atoms with van der Waals surface area (Å²) in [6, 6.07) is 13.6. The van der Waals surface area contributed by atoms with E-state index in [1.165, 1.54) is 12.3 Å². The lowest BCUT2D eigenvalue weighted by Crippen LogP contribution is -2.12. The minimum atomic E-state index is -0.485. The predicted molar refractivity (Wildman–Crippen MR) is 97.1 cm³/mol. The van der Waals surface area contributed by atoms with Crippen molar-refractivity contribution in [3.8, 4) is 11.3 Å². The van der Waals surface area contributed by atoms with Gasteiger partial charge in [-0.25, -0.2) is 4.39 Å². The Bertz CT molecular complexity index is 897. The molecular formula is C19H18FN5O. The van der Waals surface area contributed by atoms with Crippen LogP contribution in [0.1, 0.15) is 28.9 Å². The maximum Gasteiger partial charge on any atom is 0.248 e. The molecule has 0 bridgehead atoms. The van der Waals surface area contributed by atoms with Gasteiger partial charge in [0.2, 0.25) is 5.91 Å². The molecule has 7 heteroatoms. The topological polar surface area (TPSA) is 93.8 Å². The fraction of sp³-hybridized carbons (Fsp3) is 0.158. The van der Waals surface area contributed by atoms with Crippen LogP contribution in [-0.4, -0.2) is 27.6 Å². The van der Waals surface area contributed by atoms with Crippen LogP contribution in [0.4, 0.5) is 10.2 Å². The molecule has 0 aliphatic rings. The molecule has 0 radical (unpaired) electrons. The normalized spacial score (nSPS) is 11.8. The standard InChI is InChI=1S/C19H18FN5O/c1-12(16-6-5-15(20)11-22-16)10-23-18-8-7-17(24-25-18)13-3-2-4-14(9-13)19(21)26/h2-9,11-12H,10H2,1H3,(H2,21,26)(H,23,25). The summed E-state index contributed by atoms with van der Waals surface area (Å²) < 4.78 is 12.9. The Balaban J connectivity index is 1.65. The molecule has 2 aromatic heterocycles. The lowest BCUT2D eigenvalue weighted by atomic mass is 10.1. The zero-order valence-corrected chi connectivity index (χ0v) is 14.2. The van der Waals surface area contributed by atoms with E-state index in [4.69, 9.17) is 5.73 Å². The number of nitrogens with two attached hydrogens (primary N) is 1. The Morgan fingerprint density at radius 1 is 1.19 bits per heavy atom. The van der Waals surface area contributed by atoms with Gasteiger partial charge in [0.15, 0.2) is 0 Å². The average molecular weight is 351 g/mol. The molecule has 0 aliphatic heterocycles. The first-order valence-electron chi connectivity index (χ1n) is 8.12. The van der Waals surface area contributed by atoms with E-state index in [1.807, 2.05) is 25.1 Å². The molecule has 1 aromatic carbocycles. The van der Waals surface area contributed by atoms with E-state index in [9.17, 15) is 9.18 Å². The Labute approximate surface area is 150 Å². The van der Waals surface area contributed by atoms with Crippen LogP contribution in [-0.2, 0) is 0 Å². The monoisotopic (exact) mass is 351 g/mol. The Morgan fingerprint density at radius 3 is 2.69 bits per heavy atom. The summed E-state index contributed by atoms with van der Waals surface area (Å²) in [5.74, 6) is -0.129. The zero-order chi connectivity index (χ0) is 18.5. The van der Waals surface area contributed by atoms with E-state index >= 15 is 0 Å². The van der Waals surface area contributed by atoms with Crippen LogP contribution in [0.5, 0.6) is 0 Å². The lowest BCUT2D eigenvalue weighted by molar-refractivity contribution is 0.100. The number of rotatable bonds is 6. The second-order valence-corrected chi connectivity index (χ2v) is 5.93. The summed E-state index contributed by atoms with van der Waals surface area (Å²) in [6.07, 6.45) is 1.21. The van der Waals surface area contributed by atoms with E-state index in [0.29, 0.717) is 23.6 Å². The van der Waals surface area contributed by atoms with Crippen molar-refractivity contribution in [2.24, 2.45) is 5.73 Å². The quantitative estimate of drug-likeness (QED) is 0.712. The number of carbonyl (C=O) groups is 1. The fourth-order valence-corrected chi connectivity index (χ4v) is 2.45. The van der Waals surface area contributed by atoms with Gasteiger partial charge in [-0.3, -0.25) is 9.78 Å². The van der Waals surface area contributed by atoms with Crippen LogP contribution in [0.15, 0.2) is 54.7 Å². The van der Waals surface area contributed by atoms with Crippen LogP contribution in [0, 0.1) is 5.82 Å². The molecule has 26 heavy (non-hydrogen) atoms. The maximum absolute atomic E-state index is 12.9. The highest BCUT2D eigenvalue weighted by atomic mass is 19.1. The van der Waals surface area contributed by atoms with Gasteiger partial charge < -0.3 is 11.1 Å². The van der Waals surface area contributed by atoms with Crippen molar-refractivity contribution in [3.05, 3.63) is 71.8 Å². The van der Waals surface area contributed by atoms with E-state index in [1.54, 1.807) is 24.3 Å². The Morgan fingerprint density at radius 2 is 2.04 bits per heavy atom. The van der Waals surface area contributed by atoms with Gasteiger partial charge in [0.25, 0.3) is 0 Å². The number of nitrogens with one attached hydrogen (secondary N) is 1. The van der Waals surface area contributed by atoms with Gasteiger partial charge in [0.05, 0.1) is 11.9 Å². The van der Waals surface area contributed by atoms with Crippen LogP contribution < -0.4 is 11.1 Å². The highest BCUT2D eigenvalue weighted by Crippen LogP contribution is 2.19. The van der Waals surface area contributed by atoms with E-state index < -0.39 is 5.91 Å². The van der Waals surface area contributed by atoms with Crippen molar-refractivity contribution >= 4 is 11.7 Å².